The van der Waals surface area contributed by atoms with E-state index in [0.29, 0.717) is 30.2 Å². The first-order valence-electron chi connectivity index (χ1n) is 8.37. The predicted molar refractivity (Wildman–Crippen MR) is 101 cm³/mol. The van der Waals surface area contributed by atoms with Gasteiger partial charge in [0.05, 0.1) is 29.6 Å². The van der Waals surface area contributed by atoms with Gasteiger partial charge in [0, 0.05) is 20.2 Å². The van der Waals surface area contributed by atoms with Gasteiger partial charge in [-0.3, -0.25) is 9.48 Å². The van der Waals surface area contributed by atoms with Gasteiger partial charge < -0.3 is 14.0 Å². The highest BCUT2D eigenvalue weighted by Crippen LogP contribution is 2.23. The van der Waals surface area contributed by atoms with Crippen molar-refractivity contribution in [2.75, 3.05) is 20.8 Å². The molecule has 0 N–H and O–H groups in total. The van der Waals surface area contributed by atoms with Gasteiger partial charge in [0.15, 0.2) is 4.80 Å². The van der Waals surface area contributed by atoms with Crippen LogP contribution in [0.15, 0.2) is 29.3 Å². The molecule has 2 aromatic heterocycles. The molecule has 0 radical (unpaired) electrons. The molecule has 1 amide bonds. The Morgan fingerprint density at radius 1 is 1.31 bits per heavy atom. The Morgan fingerprint density at radius 3 is 2.81 bits per heavy atom. The standard InChI is InChI=1S/C18H22N4O3S/c1-5-22-15(10-12(2)20-22)17(23)19-18-21(8-9-24-3)14-7-6-13(25-4)11-16(14)26-18/h6-7,10-11H,5,8-9H2,1-4H3. The molecule has 3 aromatic rings. The molecule has 0 aliphatic heterocycles. The van der Waals surface area contributed by atoms with E-state index >= 15 is 0 Å². The van der Waals surface area contributed by atoms with Crippen molar-refractivity contribution in [3.63, 3.8) is 0 Å². The van der Waals surface area contributed by atoms with Crippen molar-refractivity contribution in [2.24, 2.45) is 4.99 Å². The zero-order valence-electron chi connectivity index (χ0n) is 15.4. The second-order valence-electron chi connectivity index (χ2n) is 5.77. The Bertz CT molecular complexity index is 1000. The number of thiazole rings is 1. The smallest absolute Gasteiger partial charge is 0.297 e. The molecule has 2 heterocycles. The number of hydrogen-bond acceptors (Lipinski definition) is 5. The van der Waals surface area contributed by atoms with Crippen LogP contribution in [-0.4, -0.2) is 41.1 Å². The summed E-state index contributed by atoms with van der Waals surface area (Å²) >= 11 is 1.46. The van der Waals surface area contributed by atoms with E-state index in [2.05, 4.69) is 10.1 Å². The molecule has 3 rings (SSSR count). The average molecular weight is 374 g/mol. The first kappa shape index (κ1) is 18.3. The molecule has 0 aliphatic rings. The first-order valence-corrected chi connectivity index (χ1v) is 9.18. The quantitative estimate of drug-likeness (QED) is 0.665. The molecular weight excluding hydrogens is 352 g/mol. The van der Waals surface area contributed by atoms with Gasteiger partial charge in [0.1, 0.15) is 11.4 Å². The fraction of sp³-hybridized carbons (Fsp3) is 0.389. The van der Waals surface area contributed by atoms with Gasteiger partial charge in [-0.15, -0.1) is 0 Å². The number of aromatic nitrogens is 3. The maximum Gasteiger partial charge on any atom is 0.297 e. The lowest BCUT2D eigenvalue weighted by atomic mass is 10.3. The van der Waals surface area contributed by atoms with E-state index in [1.807, 2.05) is 36.6 Å². The number of hydrogen-bond donors (Lipinski definition) is 0. The summed E-state index contributed by atoms with van der Waals surface area (Å²) in [6.07, 6.45) is 0. The number of benzene rings is 1. The maximum absolute atomic E-state index is 12.7. The van der Waals surface area contributed by atoms with Gasteiger partial charge in [-0.1, -0.05) is 11.3 Å². The Labute approximate surface area is 155 Å². The van der Waals surface area contributed by atoms with Gasteiger partial charge in [-0.2, -0.15) is 10.1 Å². The van der Waals surface area contributed by atoms with Crippen molar-refractivity contribution < 1.29 is 14.3 Å². The van der Waals surface area contributed by atoms with Crippen molar-refractivity contribution >= 4 is 27.5 Å². The van der Waals surface area contributed by atoms with Crippen LogP contribution < -0.4 is 9.54 Å². The second kappa shape index (κ2) is 7.84. The van der Waals surface area contributed by atoms with E-state index in [0.717, 1.165) is 21.7 Å². The van der Waals surface area contributed by atoms with Crippen LogP contribution in [0.4, 0.5) is 0 Å². The maximum atomic E-state index is 12.7. The Balaban J connectivity index is 2.12. The molecule has 0 saturated carbocycles. The molecule has 7 nitrogen and oxygen atoms in total. The molecule has 8 heteroatoms. The molecule has 0 spiro atoms. The van der Waals surface area contributed by atoms with Crippen LogP contribution in [0, 0.1) is 6.92 Å². The molecule has 1 aromatic carbocycles. The lowest BCUT2D eigenvalue weighted by molar-refractivity contribution is 0.0987. The van der Waals surface area contributed by atoms with E-state index in [1.165, 1.54) is 11.3 Å². The molecule has 0 fully saturated rings. The normalized spacial score (nSPS) is 12.1. The van der Waals surface area contributed by atoms with Crippen molar-refractivity contribution in [3.05, 3.63) is 40.5 Å². The number of carbonyl (C=O) groups is 1. The molecule has 0 aliphatic carbocycles. The third kappa shape index (κ3) is 3.56. The van der Waals surface area contributed by atoms with Crippen molar-refractivity contribution in [3.8, 4) is 5.75 Å². The third-order valence-electron chi connectivity index (χ3n) is 4.03. The fourth-order valence-electron chi connectivity index (χ4n) is 2.77. The number of amides is 1. The lowest BCUT2D eigenvalue weighted by Crippen LogP contribution is -2.20. The molecular formula is C18H22N4O3S. The van der Waals surface area contributed by atoms with Gasteiger partial charge in [0.25, 0.3) is 5.91 Å². The van der Waals surface area contributed by atoms with Crippen LogP contribution in [0.25, 0.3) is 10.2 Å². The number of rotatable bonds is 6. The van der Waals surface area contributed by atoms with E-state index in [9.17, 15) is 4.79 Å². The van der Waals surface area contributed by atoms with Gasteiger partial charge >= 0.3 is 0 Å². The van der Waals surface area contributed by atoms with Crippen molar-refractivity contribution in [1.29, 1.82) is 0 Å². The highest BCUT2D eigenvalue weighted by molar-refractivity contribution is 7.16. The lowest BCUT2D eigenvalue weighted by Gasteiger charge is -2.05. The summed E-state index contributed by atoms with van der Waals surface area (Å²) in [5.74, 6) is 0.479. The molecule has 0 saturated heterocycles. The van der Waals surface area contributed by atoms with E-state index < -0.39 is 0 Å². The van der Waals surface area contributed by atoms with Crippen LogP contribution in [0.2, 0.25) is 0 Å². The number of fused-ring (bicyclic) bond motifs is 1. The summed E-state index contributed by atoms with van der Waals surface area (Å²) in [4.78, 5) is 17.8. The van der Waals surface area contributed by atoms with E-state index in [4.69, 9.17) is 9.47 Å². The third-order valence-corrected chi connectivity index (χ3v) is 5.07. The van der Waals surface area contributed by atoms with Crippen molar-refractivity contribution in [1.82, 2.24) is 14.3 Å². The fourth-order valence-corrected chi connectivity index (χ4v) is 3.85. The minimum atomic E-state index is -0.294. The largest absolute Gasteiger partial charge is 0.497 e. The van der Waals surface area contributed by atoms with Crippen LogP contribution in [0.5, 0.6) is 5.75 Å². The predicted octanol–water partition coefficient (Wildman–Crippen LogP) is 2.62. The highest BCUT2D eigenvalue weighted by Gasteiger charge is 2.14. The molecule has 138 valence electrons. The average Bonchev–Trinajstić information content (AvgIpc) is 3.18. The second-order valence-corrected chi connectivity index (χ2v) is 6.78. The SMILES string of the molecule is CCn1nc(C)cc1C(=O)N=c1sc2cc(OC)ccc2n1CCOC. The van der Waals surface area contributed by atoms with E-state index in [1.54, 1.807) is 25.0 Å². The summed E-state index contributed by atoms with van der Waals surface area (Å²) in [5, 5.41) is 4.33. The topological polar surface area (TPSA) is 70.6 Å². The minimum absolute atomic E-state index is 0.294. The zero-order valence-corrected chi connectivity index (χ0v) is 16.2. The first-order chi connectivity index (χ1) is 12.6. The number of methoxy groups -OCH3 is 2. The highest BCUT2D eigenvalue weighted by atomic mass is 32.1. The summed E-state index contributed by atoms with van der Waals surface area (Å²) in [6, 6.07) is 7.60. The molecule has 0 unspecified atom stereocenters. The number of ether oxygens (including phenoxy) is 2. The van der Waals surface area contributed by atoms with Crippen LogP contribution in [0.3, 0.4) is 0 Å². The van der Waals surface area contributed by atoms with E-state index in [-0.39, 0.29) is 5.91 Å². The minimum Gasteiger partial charge on any atom is -0.497 e. The number of nitrogens with zero attached hydrogens (tertiary/aromatic N) is 4. The van der Waals surface area contributed by atoms with Crippen LogP contribution in [0.1, 0.15) is 23.1 Å². The summed E-state index contributed by atoms with van der Waals surface area (Å²) in [7, 11) is 3.29. The zero-order chi connectivity index (χ0) is 18.7. The Hall–Kier alpha value is -2.45. The van der Waals surface area contributed by atoms with Crippen LogP contribution in [-0.2, 0) is 17.8 Å². The molecule has 0 bridgehead atoms. The summed E-state index contributed by atoms with van der Waals surface area (Å²) < 4.78 is 15.2. The monoisotopic (exact) mass is 374 g/mol. The van der Waals surface area contributed by atoms with Gasteiger partial charge in [-0.05, 0) is 38.1 Å². The van der Waals surface area contributed by atoms with Gasteiger partial charge in [-0.25, -0.2) is 0 Å². The Morgan fingerprint density at radius 2 is 2.12 bits per heavy atom. The molecule has 26 heavy (non-hydrogen) atoms. The number of carbonyl (C=O) groups excluding carboxylic acids is 1. The summed E-state index contributed by atoms with van der Waals surface area (Å²) in [6.45, 7) is 5.59. The van der Waals surface area contributed by atoms with Crippen molar-refractivity contribution in [2.45, 2.75) is 26.9 Å². The van der Waals surface area contributed by atoms with Crippen LogP contribution >= 0.6 is 11.3 Å². The van der Waals surface area contributed by atoms with Gasteiger partial charge in [0.2, 0.25) is 0 Å². The summed E-state index contributed by atoms with van der Waals surface area (Å²) in [5.41, 5.74) is 2.30. The number of aryl methyl sites for hydroxylation is 2. The Kier molecular flexibility index (Phi) is 5.53. The molecule has 0 atom stereocenters.